The van der Waals surface area contributed by atoms with Crippen LogP contribution in [-0.4, -0.2) is 33.8 Å². The van der Waals surface area contributed by atoms with Gasteiger partial charge in [-0.25, -0.2) is 4.39 Å². The molecule has 6 nitrogen and oxygen atoms in total. The van der Waals surface area contributed by atoms with Crippen molar-refractivity contribution in [3.05, 3.63) is 83.7 Å². The largest absolute Gasteiger partial charge is 0.494 e. The number of allylic oxidation sites excluding steroid dienone is 1. The number of methoxy groups -OCH3 is 1. The molecule has 8 heteroatoms. The molecule has 1 N–H and O–H groups in total. The molecule has 0 spiro atoms. The number of halogens is 1. The van der Waals surface area contributed by atoms with Crippen molar-refractivity contribution in [2.24, 2.45) is 0 Å². The summed E-state index contributed by atoms with van der Waals surface area (Å²) in [6.07, 6.45) is 1.78. The number of aryl methyl sites for hydroxylation is 1. The number of nitrogens with one attached hydrogen (secondary N) is 1. The maximum absolute atomic E-state index is 14.2. The molecule has 2 heterocycles. The van der Waals surface area contributed by atoms with Crippen molar-refractivity contribution < 1.29 is 13.7 Å². The first-order valence-electron chi connectivity index (χ1n) is 10.1. The lowest BCUT2D eigenvalue weighted by Gasteiger charge is -2.36. The smallest absolute Gasteiger partial charge is 0.258 e. The lowest BCUT2D eigenvalue weighted by atomic mass is 9.94. The van der Waals surface area contributed by atoms with Crippen molar-refractivity contribution >= 4 is 22.9 Å². The molecule has 1 atom stereocenters. The summed E-state index contributed by atoms with van der Waals surface area (Å²) < 4.78 is 24.8. The zero-order valence-electron chi connectivity index (χ0n) is 18.1. The van der Waals surface area contributed by atoms with Crippen LogP contribution in [0.4, 0.5) is 4.39 Å². The SMILES string of the molecule is C=CCN1C(=S)NC(c2ccc(C)cc2)C(c2nc(-c3ccc(OC)c(F)c3)no2)=C1C. The Balaban J connectivity index is 1.80. The summed E-state index contributed by atoms with van der Waals surface area (Å²) in [4.78, 5) is 6.52. The quantitative estimate of drug-likeness (QED) is 0.417. The number of hydrogen-bond donors (Lipinski definition) is 1. The van der Waals surface area contributed by atoms with E-state index in [4.69, 9.17) is 21.5 Å². The maximum atomic E-state index is 14.2. The molecule has 4 rings (SSSR count). The van der Waals surface area contributed by atoms with Gasteiger partial charge < -0.3 is 19.5 Å². The highest BCUT2D eigenvalue weighted by Gasteiger charge is 2.33. The van der Waals surface area contributed by atoms with Crippen LogP contribution in [0.25, 0.3) is 17.0 Å². The van der Waals surface area contributed by atoms with Crippen molar-refractivity contribution in [3.63, 3.8) is 0 Å². The minimum Gasteiger partial charge on any atom is -0.494 e. The standard InChI is InChI=1S/C24H23FN4O2S/c1-5-12-29-15(3)20(21(26-24(29)32)16-8-6-14(2)7-9-16)23-27-22(28-31-23)17-10-11-19(30-4)18(25)13-17/h5-11,13,21H,1,12H2,2-4H3,(H,26,32). The summed E-state index contributed by atoms with van der Waals surface area (Å²) in [6, 6.07) is 12.4. The lowest BCUT2D eigenvalue weighted by Crippen LogP contribution is -2.45. The molecule has 2 aromatic carbocycles. The van der Waals surface area contributed by atoms with Gasteiger partial charge in [-0.15, -0.1) is 6.58 Å². The number of benzene rings is 2. The van der Waals surface area contributed by atoms with E-state index in [1.807, 2.05) is 43.0 Å². The summed E-state index contributed by atoms with van der Waals surface area (Å²) >= 11 is 5.61. The van der Waals surface area contributed by atoms with Gasteiger partial charge in [0.25, 0.3) is 5.89 Å². The fourth-order valence-corrected chi connectivity index (χ4v) is 4.00. The normalized spacial score (nSPS) is 16.2. The van der Waals surface area contributed by atoms with Crippen molar-refractivity contribution in [1.82, 2.24) is 20.4 Å². The first kappa shape index (κ1) is 21.7. The second-order valence-electron chi connectivity index (χ2n) is 7.46. The summed E-state index contributed by atoms with van der Waals surface area (Å²) in [7, 11) is 1.42. The van der Waals surface area contributed by atoms with E-state index in [1.165, 1.54) is 19.2 Å². The highest BCUT2D eigenvalue weighted by Crippen LogP contribution is 2.37. The average molecular weight is 451 g/mol. The summed E-state index contributed by atoms with van der Waals surface area (Å²) in [5.41, 5.74) is 4.35. The van der Waals surface area contributed by atoms with Crippen LogP contribution in [-0.2, 0) is 0 Å². The van der Waals surface area contributed by atoms with E-state index >= 15 is 0 Å². The Hall–Kier alpha value is -3.52. The van der Waals surface area contributed by atoms with E-state index < -0.39 is 5.82 Å². The highest BCUT2D eigenvalue weighted by molar-refractivity contribution is 7.80. The van der Waals surface area contributed by atoms with Gasteiger partial charge in [-0.05, 0) is 49.8 Å². The van der Waals surface area contributed by atoms with E-state index in [9.17, 15) is 4.39 Å². The van der Waals surface area contributed by atoms with Gasteiger partial charge in [0.1, 0.15) is 0 Å². The van der Waals surface area contributed by atoms with Crippen molar-refractivity contribution in [3.8, 4) is 17.1 Å². The van der Waals surface area contributed by atoms with E-state index in [1.54, 1.807) is 12.1 Å². The molecule has 0 saturated heterocycles. The van der Waals surface area contributed by atoms with Crippen LogP contribution in [0.15, 0.2) is 65.3 Å². The van der Waals surface area contributed by atoms with Crippen LogP contribution < -0.4 is 10.1 Å². The number of rotatable bonds is 6. The van der Waals surface area contributed by atoms with Crippen molar-refractivity contribution in [2.75, 3.05) is 13.7 Å². The van der Waals surface area contributed by atoms with Crippen LogP contribution in [0.1, 0.15) is 30.0 Å². The topological polar surface area (TPSA) is 63.4 Å². The van der Waals surface area contributed by atoms with Gasteiger partial charge in [-0.2, -0.15) is 4.98 Å². The fraction of sp³-hybridized carbons (Fsp3) is 0.208. The number of nitrogens with zero attached hydrogens (tertiary/aromatic N) is 3. The second-order valence-corrected chi connectivity index (χ2v) is 7.85. The van der Waals surface area contributed by atoms with Gasteiger partial charge in [-0.3, -0.25) is 0 Å². The fourth-order valence-electron chi connectivity index (χ4n) is 3.67. The molecular formula is C24H23FN4O2S. The van der Waals surface area contributed by atoms with Crippen LogP contribution in [0, 0.1) is 12.7 Å². The molecule has 0 radical (unpaired) electrons. The molecule has 0 aliphatic carbocycles. The third-order valence-corrected chi connectivity index (χ3v) is 5.72. The molecule has 164 valence electrons. The molecule has 3 aromatic rings. The molecule has 0 bridgehead atoms. The third kappa shape index (κ3) is 4.01. The van der Waals surface area contributed by atoms with E-state index in [2.05, 4.69) is 22.0 Å². The number of hydrogen-bond acceptors (Lipinski definition) is 5. The zero-order chi connectivity index (χ0) is 22.8. The highest BCUT2D eigenvalue weighted by atomic mass is 32.1. The number of thiocarbonyl (C=S) groups is 1. The molecule has 1 aliphatic heterocycles. The third-order valence-electron chi connectivity index (χ3n) is 5.39. The van der Waals surface area contributed by atoms with Crippen LogP contribution in [0.2, 0.25) is 0 Å². The van der Waals surface area contributed by atoms with Crippen LogP contribution >= 0.6 is 12.2 Å². The molecule has 1 aromatic heterocycles. The Morgan fingerprint density at radius 3 is 2.66 bits per heavy atom. The summed E-state index contributed by atoms with van der Waals surface area (Å²) in [6.45, 7) is 8.36. The maximum Gasteiger partial charge on any atom is 0.258 e. The Morgan fingerprint density at radius 1 is 1.25 bits per heavy atom. The lowest BCUT2D eigenvalue weighted by molar-refractivity contribution is 0.386. The summed E-state index contributed by atoms with van der Waals surface area (Å²) in [5, 5.41) is 8.08. The average Bonchev–Trinajstić information content (AvgIpc) is 3.26. The second kappa shape index (κ2) is 8.92. The van der Waals surface area contributed by atoms with Gasteiger partial charge in [-0.1, -0.05) is 41.1 Å². The zero-order valence-corrected chi connectivity index (χ0v) is 18.9. The van der Waals surface area contributed by atoms with Crippen molar-refractivity contribution in [2.45, 2.75) is 19.9 Å². The molecule has 32 heavy (non-hydrogen) atoms. The first-order valence-corrected chi connectivity index (χ1v) is 10.5. The van der Waals surface area contributed by atoms with Gasteiger partial charge in [0.05, 0.1) is 18.7 Å². The molecular weight excluding hydrogens is 427 g/mol. The minimum atomic E-state index is -0.494. The van der Waals surface area contributed by atoms with E-state index in [-0.39, 0.29) is 17.6 Å². The van der Waals surface area contributed by atoms with Gasteiger partial charge in [0, 0.05) is 17.8 Å². The van der Waals surface area contributed by atoms with Gasteiger partial charge in [0.2, 0.25) is 5.82 Å². The Labute approximate surface area is 191 Å². The summed E-state index contributed by atoms with van der Waals surface area (Å²) in [5.74, 6) is 0.280. The minimum absolute atomic E-state index is 0.153. The predicted molar refractivity (Wildman–Crippen MR) is 125 cm³/mol. The Morgan fingerprint density at radius 2 is 2.00 bits per heavy atom. The molecule has 0 amide bonds. The first-order chi connectivity index (χ1) is 15.4. The van der Waals surface area contributed by atoms with E-state index in [0.29, 0.717) is 23.1 Å². The number of ether oxygens (including phenoxy) is 1. The molecule has 1 aliphatic rings. The van der Waals surface area contributed by atoms with Crippen LogP contribution in [0.3, 0.4) is 0 Å². The molecule has 0 fully saturated rings. The number of aromatic nitrogens is 2. The Kier molecular flexibility index (Phi) is 6.05. The van der Waals surface area contributed by atoms with Gasteiger partial charge in [0.15, 0.2) is 16.7 Å². The van der Waals surface area contributed by atoms with Crippen molar-refractivity contribution in [1.29, 1.82) is 0 Å². The Bertz CT molecular complexity index is 1200. The van der Waals surface area contributed by atoms with Gasteiger partial charge >= 0.3 is 0 Å². The monoisotopic (exact) mass is 450 g/mol. The van der Waals surface area contributed by atoms with E-state index in [0.717, 1.165) is 22.4 Å². The van der Waals surface area contributed by atoms with Crippen LogP contribution in [0.5, 0.6) is 5.75 Å². The molecule has 0 saturated carbocycles. The molecule has 1 unspecified atom stereocenters. The predicted octanol–water partition coefficient (Wildman–Crippen LogP) is 5.04.